The molecular formula is C21H20N2O5S. The van der Waals surface area contributed by atoms with Crippen LogP contribution in [0.15, 0.2) is 36.4 Å². The molecule has 0 bridgehead atoms. The number of esters is 1. The number of hydrogen-bond acceptors (Lipinski definition) is 6. The van der Waals surface area contributed by atoms with Crippen molar-refractivity contribution < 1.29 is 23.8 Å². The van der Waals surface area contributed by atoms with E-state index in [-0.39, 0.29) is 11.9 Å². The molecular weight excluding hydrogens is 392 g/mol. The highest BCUT2D eigenvalue weighted by molar-refractivity contribution is 7.80. The molecule has 8 heteroatoms. The van der Waals surface area contributed by atoms with Gasteiger partial charge < -0.3 is 19.1 Å². The van der Waals surface area contributed by atoms with Gasteiger partial charge in [-0.2, -0.15) is 0 Å². The van der Waals surface area contributed by atoms with Crippen molar-refractivity contribution in [2.45, 2.75) is 19.0 Å². The van der Waals surface area contributed by atoms with Crippen LogP contribution in [-0.4, -0.2) is 49.3 Å². The monoisotopic (exact) mass is 412 g/mol. The van der Waals surface area contributed by atoms with E-state index in [2.05, 4.69) is 0 Å². The maximum Gasteiger partial charge on any atom is 0.337 e. The molecule has 2 heterocycles. The fourth-order valence-corrected chi connectivity index (χ4v) is 4.20. The van der Waals surface area contributed by atoms with Crippen LogP contribution >= 0.6 is 12.2 Å². The van der Waals surface area contributed by atoms with E-state index in [0.29, 0.717) is 40.8 Å². The number of benzene rings is 2. The van der Waals surface area contributed by atoms with E-state index < -0.39 is 5.97 Å². The molecule has 1 fully saturated rings. The minimum Gasteiger partial charge on any atom is -0.493 e. The van der Waals surface area contributed by atoms with Gasteiger partial charge in [-0.15, -0.1) is 0 Å². The number of nitrogens with zero attached hydrogens (tertiary/aromatic N) is 2. The standard InChI is InChI=1S/C21H20N2O5S/c1-26-17-9-13-8-16-19(24)23(15-6-4-12(5-7-15)20(25)28-3)21(29)22(16)11-14(13)10-18(17)27-2/h4-7,9-10,16H,8,11H2,1-3H3. The molecule has 1 saturated heterocycles. The Morgan fingerprint density at radius 2 is 1.66 bits per heavy atom. The van der Waals surface area contributed by atoms with Crippen LogP contribution in [0.25, 0.3) is 0 Å². The number of carbonyl (C=O) groups excluding carboxylic acids is 2. The maximum atomic E-state index is 13.2. The lowest BCUT2D eigenvalue weighted by Crippen LogP contribution is -2.40. The molecule has 7 nitrogen and oxygen atoms in total. The zero-order valence-corrected chi connectivity index (χ0v) is 17.1. The van der Waals surface area contributed by atoms with Gasteiger partial charge in [-0.25, -0.2) is 4.79 Å². The van der Waals surface area contributed by atoms with Crippen molar-refractivity contribution in [3.05, 3.63) is 53.1 Å². The van der Waals surface area contributed by atoms with Crippen molar-refractivity contribution >= 4 is 34.9 Å². The lowest BCUT2D eigenvalue weighted by atomic mass is 9.94. The van der Waals surface area contributed by atoms with Crippen molar-refractivity contribution in [1.82, 2.24) is 4.90 Å². The fraction of sp³-hybridized carbons (Fsp3) is 0.286. The third-order valence-electron chi connectivity index (χ3n) is 5.32. The van der Waals surface area contributed by atoms with Gasteiger partial charge >= 0.3 is 5.97 Å². The summed E-state index contributed by atoms with van der Waals surface area (Å²) in [6.45, 7) is 0.516. The predicted molar refractivity (Wildman–Crippen MR) is 110 cm³/mol. The molecule has 2 aromatic carbocycles. The molecule has 1 amide bonds. The zero-order valence-electron chi connectivity index (χ0n) is 16.3. The summed E-state index contributed by atoms with van der Waals surface area (Å²) < 4.78 is 15.5. The van der Waals surface area contributed by atoms with Gasteiger partial charge in [0.05, 0.1) is 32.6 Å². The van der Waals surface area contributed by atoms with Crippen LogP contribution in [0.2, 0.25) is 0 Å². The Labute approximate surface area is 173 Å². The molecule has 2 aliphatic heterocycles. The number of ether oxygens (including phenoxy) is 3. The van der Waals surface area contributed by atoms with E-state index in [1.54, 1.807) is 38.5 Å². The van der Waals surface area contributed by atoms with E-state index in [1.165, 1.54) is 12.0 Å². The van der Waals surface area contributed by atoms with Gasteiger partial charge in [0, 0.05) is 13.0 Å². The molecule has 0 aromatic heterocycles. The van der Waals surface area contributed by atoms with Crippen molar-refractivity contribution in [3.63, 3.8) is 0 Å². The molecule has 0 saturated carbocycles. The Hall–Kier alpha value is -3.13. The van der Waals surface area contributed by atoms with E-state index in [0.717, 1.165) is 11.1 Å². The number of thiocarbonyl (C=S) groups is 1. The number of rotatable bonds is 4. The summed E-state index contributed by atoms with van der Waals surface area (Å²) in [4.78, 5) is 28.3. The number of methoxy groups -OCH3 is 3. The summed E-state index contributed by atoms with van der Waals surface area (Å²) in [7, 11) is 4.52. The van der Waals surface area contributed by atoms with Crippen molar-refractivity contribution in [2.24, 2.45) is 0 Å². The number of anilines is 1. The summed E-state index contributed by atoms with van der Waals surface area (Å²) in [6.07, 6.45) is 0.533. The second-order valence-electron chi connectivity index (χ2n) is 6.82. The first kappa shape index (κ1) is 19.2. The lowest BCUT2D eigenvalue weighted by molar-refractivity contribution is -0.120. The van der Waals surface area contributed by atoms with Gasteiger partial charge in [0.2, 0.25) is 0 Å². The Morgan fingerprint density at radius 3 is 2.24 bits per heavy atom. The molecule has 2 aromatic rings. The van der Waals surface area contributed by atoms with Crippen LogP contribution < -0.4 is 14.4 Å². The fourth-order valence-electron chi connectivity index (χ4n) is 3.81. The van der Waals surface area contributed by atoms with E-state index in [1.807, 2.05) is 17.0 Å². The van der Waals surface area contributed by atoms with Crippen molar-refractivity contribution in [2.75, 3.05) is 26.2 Å². The summed E-state index contributed by atoms with van der Waals surface area (Å²) in [5.41, 5.74) is 3.14. The minimum absolute atomic E-state index is 0.0822. The van der Waals surface area contributed by atoms with Gasteiger partial charge in [-0.05, 0) is 59.7 Å². The normalized spacial score (nSPS) is 17.7. The Balaban J connectivity index is 1.64. The van der Waals surface area contributed by atoms with Crippen LogP contribution in [0.3, 0.4) is 0 Å². The maximum absolute atomic E-state index is 13.2. The predicted octanol–water partition coefficient (Wildman–Crippen LogP) is 2.55. The molecule has 29 heavy (non-hydrogen) atoms. The largest absolute Gasteiger partial charge is 0.493 e. The van der Waals surface area contributed by atoms with E-state index in [4.69, 9.17) is 26.4 Å². The number of fused-ring (bicyclic) bond motifs is 2. The van der Waals surface area contributed by atoms with Crippen LogP contribution in [0.1, 0.15) is 21.5 Å². The van der Waals surface area contributed by atoms with Gasteiger partial charge in [0.25, 0.3) is 5.91 Å². The molecule has 0 spiro atoms. The zero-order chi connectivity index (χ0) is 20.7. The van der Waals surface area contributed by atoms with Crippen LogP contribution in [0.5, 0.6) is 11.5 Å². The highest BCUT2D eigenvalue weighted by Crippen LogP contribution is 2.38. The third kappa shape index (κ3) is 3.09. The molecule has 150 valence electrons. The Morgan fingerprint density at radius 1 is 1.03 bits per heavy atom. The van der Waals surface area contributed by atoms with E-state index in [9.17, 15) is 9.59 Å². The lowest BCUT2D eigenvalue weighted by Gasteiger charge is -2.31. The van der Waals surface area contributed by atoms with Crippen LogP contribution in [-0.2, 0) is 22.5 Å². The summed E-state index contributed by atoms with van der Waals surface area (Å²) >= 11 is 5.63. The average molecular weight is 412 g/mol. The smallest absolute Gasteiger partial charge is 0.337 e. The number of hydrogen-bond donors (Lipinski definition) is 0. The molecule has 4 rings (SSSR count). The summed E-state index contributed by atoms with van der Waals surface area (Å²) in [6, 6.07) is 10.1. The minimum atomic E-state index is -0.428. The molecule has 1 unspecified atom stereocenters. The van der Waals surface area contributed by atoms with Crippen LogP contribution in [0, 0.1) is 0 Å². The molecule has 0 aliphatic carbocycles. The van der Waals surface area contributed by atoms with E-state index >= 15 is 0 Å². The van der Waals surface area contributed by atoms with Gasteiger partial charge in [-0.3, -0.25) is 9.69 Å². The molecule has 0 radical (unpaired) electrons. The first-order chi connectivity index (χ1) is 14.0. The number of amides is 1. The third-order valence-corrected chi connectivity index (χ3v) is 5.74. The molecule has 0 N–H and O–H groups in total. The van der Waals surface area contributed by atoms with Gasteiger partial charge in [0.15, 0.2) is 16.6 Å². The quantitative estimate of drug-likeness (QED) is 0.565. The second-order valence-corrected chi connectivity index (χ2v) is 7.18. The Bertz CT molecular complexity index is 954. The summed E-state index contributed by atoms with van der Waals surface area (Å²) in [5, 5.41) is 0.450. The SMILES string of the molecule is COC(=O)c1ccc(N2C(=O)C3Cc4cc(OC)c(OC)cc4CN3C2=S)cc1. The first-order valence-electron chi connectivity index (χ1n) is 9.05. The van der Waals surface area contributed by atoms with Crippen molar-refractivity contribution in [1.29, 1.82) is 0 Å². The highest BCUT2D eigenvalue weighted by atomic mass is 32.1. The topological polar surface area (TPSA) is 68.3 Å². The van der Waals surface area contributed by atoms with Gasteiger partial charge in [0.1, 0.15) is 6.04 Å². The number of carbonyl (C=O) groups is 2. The summed E-state index contributed by atoms with van der Waals surface area (Å²) in [5.74, 6) is 0.781. The Kier molecular flexibility index (Phi) is 4.87. The van der Waals surface area contributed by atoms with Crippen LogP contribution in [0.4, 0.5) is 5.69 Å². The molecule has 2 aliphatic rings. The average Bonchev–Trinajstić information content (AvgIpc) is 3.00. The first-order valence-corrected chi connectivity index (χ1v) is 9.46. The second kappa shape index (κ2) is 7.36. The highest BCUT2D eigenvalue weighted by Gasteiger charge is 2.45. The van der Waals surface area contributed by atoms with Crippen molar-refractivity contribution in [3.8, 4) is 11.5 Å². The molecule has 1 atom stereocenters. The van der Waals surface area contributed by atoms with Gasteiger partial charge in [-0.1, -0.05) is 0 Å².